The van der Waals surface area contributed by atoms with Crippen LogP contribution < -0.4 is 5.32 Å². The van der Waals surface area contributed by atoms with Gasteiger partial charge in [0.25, 0.3) is 0 Å². The van der Waals surface area contributed by atoms with E-state index in [9.17, 15) is 0 Å². The molecule has 6 aromatic rings. The summed E-state index contributed by atoms with van der Waals surface area (Å²) < 4.78 is 6.29. The second kappa shape index (κ2) is 8.25. The minimum absolute atomic E-state index is 0.209. The van der Waals surface area contributed by atoms with Gasteiger partial charge in [-0.05, 0) is 63.6 Å². The van der Waals surface area contributed by atoms with Gasteiger partial charge in [-0.3, -0.25) is 0 Å². The second-order valence-corrected chi connectivity index (χ2v) is 9.94. The van der Waals surface area contributed by atoms with Crippen molar-refractivity contribution in [3.05, 3.63) is 139 Å². The summed E-state index contributed by atoms with van der Waals surface area (Å²) in [5, 5.41) is 8.23. The molecule has 5 aromatic carbocycles. The molecule has 3 heteroatoms. The van der Waals surface area contributed by atoms with Crippen LogP contribution in [0.5, 0.6) is 0 Å². The third-order valence-corrected chi connectivity index (χ3v) is 7.67. The Morgan fingerprint density at radius 1 is 0.605 bits per heavy atom. The van der Waals surface area contributed by atoms with Gasteiger partial charge in [0.2, 0.25) is 0 Å². The molecule has 1 atom stereocenters. The topological polar surface area (TPSA) is 28.4 Å². The summed E-state index contributed by atoms with van der Waals surface area (Å²) in [6, 6.07) is 36.8. The average molecular weight is 489 g/mol. The highest BCUT2D eigenvalue weighted by Crippen LogP contribution is 2.36. The number of rotatable bonds is 3. The van der Waals surface area contributed by atoms with Gasteiger partial charge in [-0.25, -0.2) is 0 Å². The molecule has 38 heavy (non-hydrogen) atoms. The predicted molar refractivity (Wildman–Crippen MR) is 157 cm³/mol. The zero-order valence-electron chi connectivity index (χ0n) is 20.6. The van der Waals surface area contributed by atoms with E-state index in [4.69, 9.17) is 4.42 Å². The van der Waals surface area contributed by atoms with Gasteiger partial charge >= 0.3 is 0 Å². The Morgan fingerprint density at radius 3 is 2.11 bits per heavy atom. The van der Waals surface area contributed by atoms with Gasteiger partial charge in [-0.15, -0.1) is 0 Å². The first-order chi connectivity index (χ1) is 18.8. The molecular formula is C35H24N2O. The van der Waals surface area contributed by atoms with Gasteiger partial charge < -0.3 is 14.6 Å². The molecule has 1 unspecified atom stereocenters. The van der Waals surface area contributed by atoms with Crippen molar-refractivity contribution < 1.29 is 4.42 Å². The normalized spacial score (nSPS) is 16.3. The summed E-state index contributed by atoms with van der Waals surface area (Å²) >= 11 is 0. The Labute approximate surface area is 220 Å². The van der Waals surface area contributed by atoms with Crippen molar-refractivity contribution in [3.63, 3.8) is 0 Å². The molecule has 0 aliphatic carbocycles. The minimum atomic E-state index is 0.209. The molecule has 8 rings (SSSR count). The molecule has 1 N–H and O–H groups in total. The van der Waals surface area contributed by atoms with Crippen LogP contribution >= 0.6 is 0 Å². The van der Waals surface area contributed by atoms with Gasteiger partial charge in [0, 0.05) is 28.6 Å². The lowest BCUT2D eigenvalue weighted by Crippen LogP contribution is -2.31. The quantitative estimate of drug-likeness (QED) is 0.270. The van der Waals surface area contributed by atoms with Crippen LogP contribution in [0, 0.1) is 0 Å². The van der Waals surface area contributed by atoms with E-state index in [1.54, 1.807) is 0 Å². The molecule has 0 saturated heterocycles. The summed E-state index contributed by atoms with van der Waals surface area (Å²) in [5.74, 6) is 0. The maximum absolute atomic E-state index is 6.29. The van der Waals surface area contributed by atoms with E-state index in [2.05, 4.69) is 144 Å². The molecule has 2 aliphatic rings. The Hall–Kier alpha value is -5.02. The maximum Gasteiger partial charge on any atom is 0.143 e. The Morgan fingerprint density at radius 2 is 1.32 bits per heavy atom. The van der Waals surface area contributed by atoms with E-state index in [1.807, 2.05) is 0 Å². The zero-order valence-corrected chi connectivity index (χ0v) is 20.6. The smallest absolute Gasteiger partial charge is 0.143 e. The third kappa shape index (κ3) is 3.36. The molecule has 0 bridgehead atoms. The minimum Gasteiger partial charge on any atom is -0.455 e. The van der Waals surface area contributed by atoms with Crippen LogP contribution in [0.25, 0.3) is 60.7 Å². The van der Waals surface area contributed by atoms with Crippen molar-refractivity contribution >= 4 is 38.4 Å². The number of hydrogen-bond acceptors (Lipinski definition) is 3. The first kappa shape index (κ1) is 21.1. The van der Waals surface area contributed by atoms with Gasteiger partial charge in [-0.1, -0.05) is 91.0 Å². The van der Waals surface area contributed by atoms with Gasteiger partial charge in [-0.2, -0.15) is 0 Å². The van der Waals surface area contributed by atoms with E-state index in [1.165, 1.54) is 33.2 Å². The summed E-state index contributed by atoms with van der Waals surface area (Å²) in [6.45, 7) is 0. The Bertz CT molecular complexity index is 1940. The number of fused-ring (bicyclic) bond motifs is 6. The fourth-order valence-corrected chi connectivity index (χ4v) is 5.64. The van der Waals surface area contributed by atoms with Gasteiger partial charge in [0.1, 0.15) is 17.3 Å². The molecule has 180 valence electrons. The molecule has 2 aliphatic heterocycles. The van der Waals surface area contributed by atoms with Gasteiger partial charge in [0.15, 0.2) is 0 Å². The zero-order chi connectivity index (χ0) is 25.1. The van der Waals surface area contributed by atoms with Crippen LogP contribution in [0.1, 0.15) is 5.56 Å². The number of allylic oxidation sites excluding steroid dienone is 2. The number of hydrogen-bond donors (Lipinski definition) is 1. The van der Waals surface area contributed by atoms with Crippen molar-refractivity contribution in [2.75, 3.05) is 0 Å². The van der Waals surface area contributed by atoms with E-state index in [0.717, 1.165) is 33.0 Å². The number of nitrogens with one attached hydrogen (secondary N) is 1. The molecule has 0 spiro atoms. The molecule has 1 aromatic heterocycles. The number of benzene rings is 5. The largest absolute Gasteiger partial charge is 0.455 e. The molecule has 0 radical (unpaired) electrons. The van der Waals surface area contributed by atoms with E-state index < -0.39 is 0 Å². The molecule has 3 nitrogen and oxygen atoms in total. The number of furan rings is 1. The fourth-order valence-electron chi connectivity index (χ4n) is 5.64. The predicted octanol–water partition coefficient (Wildman–Crippen LogP) is 8.69. The van der Waals surface area contributed by atoms with Gasteiger partial charge in [0.05, 0.1) is 5.70 Å². The van der Waals surface area contributed by atoms with Crippen LogP contribution in [0.4, 0.5) is 0 Å². The lowest BCUT2D eigenvalue weighted by molar-refractivity contribution is 0.427. The maximum atomic E-state index is 6.29. The molecule has 0 amide bonds. The second-order valence-electron chi connectivity index (χ2n) is 9.94. The van der Waals surface area contributed by atoms with Crippen LogP contribution in [0.2, 0.25) is 0 Å². The fraction of sp³-hybridized carbons (Fsp3) is 0.0286. The highest BCUT2D eigenvalue weighted by atomic mass is 16.3. The molecule has 0 saturated carbocycles. The van der Waals surface area contributed by atoms with Crippen molar-refractivity contribution in [1.29, 1.82) is 0 Å². The third-order valence-electron chi connectivity index (χ3n) is 7.67. The van der Waals surface area contributed by atoms with Crippen LogP contribution in [0.3, 0.4) is 0 Å². The van der Waals surface area contributed by atoms with Crippen LogP contribution in [-0.2, 0) is 0 Å². The van der Waals surface area contributed by atoms with Crippen molar-refractivity contribution in [3.8, 4) is 22.3 Å². The highest BCUT2D eigenvalue weighted by molar-refractivity contribution is 6.15. The van der Waals surface area contributed by atoms with Crippen LogP contribution in [-0.4, -0.2) is 11.1 Å². The highest BCUT2D eigenvalue weighted by Gasteiger charge is 2.21. The van der Waals surface area contributed by atoms with E-state index >= 15 is 0 Å². The summed E-state index contributed by atoms with van der Waals surface area (Å²) in [7, 11) is 0. The average Bonchev–Trinajstić information content (AvgIpc) is 3.59. The molecule has 3 heterocycles. The first-order valence-corrected chi connectivity index (χ1v) is 13.0. The molecular weight excluding hydrogens is 464 g/mol. The van der Waals surface area contributed by atoms with Crippen molar-refractivity contribution in [2.24, 2.45) is 0 Å². The Kier molecular flexibility index (Phi) is 4.58. The monoisotopic (exact) mass is 488 g/mol. The summed E-state index contributed by atoms with van der Waals surface area (Å²) in [4.78, 5) is 2.19. The lowest BCUT2D eigenvalue weighted by atomic mass is 9.98. The summed E-state index contributed by atoms with van der Waals surface area (Å²) in [6.07, 6.45) is 10.8. The first-order valence-electron chi connectivity index (χ1n) is 13.0. The molecule has 0 fully saturated rings. The Balaban J connectivity index is 1.09. The van der Waals surface area contributed by atoms with E-state index in [0.29, 0.717) is 0 Å². The summed E-state index contributed by atoms with van der Waals surface area (Å²) in [5.41, 5.74) is 9.01. The van der Waals surface area contributed by atoms with E-state index in [-0.39, 0.29) is 6.17 Å². The number of nitrogens with zero attached hydrogens (tertiary/aromatic N) is 1. The van der Waals surface area contributed by atoms with Crippen molar-refractivity contribution in [2.45, 2.75) is 6.17 Å². The SMILES string of the molecule is C1=CC2NC(c3ccc(-c4ccc(-c5ccc6oc7c8ccccc8ccc7c6c5)cc4)cc3)=CN2C=C1. The van der Waals surface area contributed by atoms with Crippen LogP contribution in [0.15, 0.2) is 138 Å². The lowest BCUT2D eigenvalue weighted by Gasteiger charge is -2.20. The van der Waals surface area contributed by atoms with Crippen molar-refractivity contribution in [1.82, 2.24) is 10.2 Å². The standard InChI is InChI=1S/C35H24N2O/c1-2-6-29-26(5-1)16-18-30-31-21-28(17-19-33(31)38-35(29)30)25-10-8-23(9-11-25)24-12-14-27(15-13-24)32-22-37-20-4-3-7-34(37)36-32/h1-22,34,36H.